The van der Waals surface area contributed by atoms with Gasteiger partial charge in [-0.15, -0.1) is 0 Å². The maximum absolute atomic E-state index is 12.5. The largest absolute Gasteiger partial charge is 0.449 e. The van der Waals surface area contributed by atoms with Crippen molar-refractivity contribution in [2.45, 2.75) is 38.3 Å². The zero-order valence-corrected chi connectivity index (χ0v) is 15.8. The molecule has 0 heterocycles. The lowest BCUT2D eigenvalue weighted by Gasteiger charge is -2.27. The molecule has 1 aliphatic carbocycles. The molecule has 4 nitrogen and oxygen atoms in total. The average molecular weight is 392 g/mol. The van der Waals surface area contributed by atoms with Crippen LogP contribution in [0.15, 0.2) is 42.5 Å². The summed E-state index contributed by atoms with van der Waals surface area (Å²) >= 11 is 11.9. The number of ether oxygens (including phenoxy) is 1. The highest BCUT2D eigenvalue weighted by molar-refractivity contribution is 6.35. The van der Waals surface area contributed by atoms with Gasteiger partial charge in [-0.25, -0.2) is 4.79 Å². The van der Waals surface area contributed by atoms with E-state index in [0.29, 0.717) is 5.02 Å². The van der Waals surface area contributed by atoms with Gasteiger partial charge >= 0.3 is 5.97 Å². The third-order valence-corrected chi connectivity index (χ3v) is 5.05. The smallest absolute Gasteiger partial charge is 0.340 e. The molecule has 3 rings (SSSR count). The predicted octanol–water partition coefficient (Wildman–Crippen LogP) is 4.73. The van der Waals surface area contributed by atoms with Gasteiger partial charge in [0.05, 0.1) is 16.6 Å². The lowest BCUT2D eigenvalue weighted by molar-refractivity contribution is -0.130. The monoisotopic (exact) mass is 391 g/mol. The minimum Gasteiger partial charge on any atom is -0.449 e. The van der Waals surface area contributed by atoms with Crippen LogP contribution in [0.3, 0.4) is 0 Å². The van der Waals surface area contributed by atoms with E-state index < -0.39 is 12.1 Å². The number of amides is 1. The van der Waals surface area contributed by atoms with Gasteiger partial charge in [-0.2, -0.15) is 0 Å². The number of carbonyl (C=O) groups is 2. The number of carbonyl (C=O) groups excluding carboxylic acids is 2. The Morgan fingerprint density at radius 1 is 1.19 bits per heavy atom. The lowest BCUT2D eigenvalue weighted by atomic mass is 9.87. The summed E-state index contributed by atoms with van der Waals surface area (Å²) in [7, 11) is 0. The van der Waals surface area contributed by atoms with Crippen LogP contribution in [0.1, 0.15) is 47.3 Å². The molecule has 0 saturated heterocycles. The van der Waals surface area contributed by atoms with Crippen LogP contribution in [0, 0.1) is 0 Å². The Balaban J connectivity index is 1.65. The first-order valence-corrected chi connectivity index (χ1v) is 9.25. The first kappa shape index (κ1) is 18.7. The minimum atomic E-state index is -0.938. The van der Waals surface area contributed by atoms with E-state index >= 15 is 0 Å². The van der Waals surface area contributed by atoms with Crippen LogP contribution in [-0.4, -0.2) is 18.0 Å². The van der Waals surface area contributed by atoms with Crippen molar-refractivity contribution in [1.29, 1.82) is 0 Å². The van der Waals surface area contributed by atoms with Crippen molar-refractivity contribution in [1.82, 2.24) is 5.32 Å². The van der Waals surface area contributed by atoms with Crippen molar-refractivity contribution in [3.8, 4) is 0 Å². The molecule has 1 aliphatic rings. The summed E-state index contributed by atoms with van der Waals surface area (Å²) in [6.45, 7) is 1.54. The average Bonchev–Trinajstić information content (AvgIpc) is 2.63. The first-order chi connectivity index (χ1) is 12.5. The van der Waals surface area contributed by atoms with Gasteiger partial charge in [0, 0.05) is 5.02 Å². The van der Waals surface area contributed by atoms with Crippen molar-refractivity contribution < 1.29 is 14.3 Å². The summed E-state index contributed by atoms with van der Waals surface area (Å²) in [6, 6.07) is 12.5. The Bertz CT molecular complexity index is 838. The molecule has 2 atom stereocenters. The second kappa shape index (κ2) is 8.11. The third-order valence-electron chi connectivity index (χ3n) is 4.49. The summed E-state index contributed by atoms with van der Waals surface area (Å²) in [4.78, 5) is 24.8. The van der Waals surface area contributed by atoms with Crippen LogP contribution >= 0.6 is 23.2 Å². The molecule has 136 valence electrons. The number of rotatable bonds is 4. The molecule has 2 aromatic rings. The van der Waals surface area contributed by atoms with E-state index in [0.717, 1.165) is 24.8 Å². The van der Waals surface area contributed by atoms with Crippen molar-refractivity contribution in [2.24, 2.45) is 0 Å². The Hall–Kier alpha value is -2.04. The predicted molar refractivity (Wildman–Crippen MR) is 102 cm³/mol. The van der Waals surface area contributed by atoms with E-state index in [1.54, 1.807) is 13.0 Å². The molecule has 0 unspecified atom stereocenters. The van der Waals surface area contributed by atoms with Crippen molar-refractivity contribution in [2.75, 3.05) is 0 Å². The molecular weight excluding hydrogens is 373 g/mol. The van der Waals surface area contributed by atoms with Crippen molar-refractivity contribution in [3.63, 3.8) is 0 Å². The topological polar surface area (TPSA) is 55.4 Å². The van der Waals surface area contributed by atoms with Crippen molar-refractivity contribution >= 4 is 35.1 Å². The fourth-order valence-electron chi connectivity index (χ4n) is 3.12. The number of nitrogens with one attached hydrogen (secondary N) is 1. The fourth-order valence-corrected chi connectivity index (χ4v) is 3.49. The Morgan fingerprint density at radius 3 is 2.77 bits per heavy atom. The van der Waals surface area contributed by atoms with Crippen LogP contribution in [0.5, 0.6) is 0 Å². The van der Waals surface area contributed by atoms with E-state index in [1.165, 1.54) is 17.7 Å². The second-order valence-corrected chi connectivity index (χ2v) is 7.17. The number of hydrogen-bond donors (Lipinski definition) is 1. The van der Waals surface area contributed by atoms with Crippen LogP contribution in [-0.2, 0) is 16.0 Å². The lowest BCUT2D eigenvalue weighted by Crippen LogP contribution is -2.39. The highest BCUT2D eigenvalue weighted by atomic mass is 35.5. The summed E-state index contributed by atoms with van der Waals surface area (Å²) in [5.41, 5.74) is 2.52. The molecular formula is C20H19Cl2NO3. The van der Waals surface area contributed by atoms with Gasteiger partial charge in [0.1, 0.15) is 0 Å². The maximum atomic E-state index is 12.5. The summed E-state index contributed by atoms with van der Waals surface area (Å²) in [5, 5.41) is 3.58. The molecule has 0 saturated carbocycles. The van der Waals surface area contributed by atoms with Gasteiger partial charge in [0.2, 0.25) is 0 Å². The molecule has 0 aromatic heterocycles. The Labute approximate surface area is 162 Å². The summed E-state index contributed by atoms with van der Waals surface area (Å²) < 4.78 is 5.27. The third kappa shape index (κ3) is 4.19. The fraction of sp³-hybridized carbons (Fsp3) is 0.300. The zero-order valence-electron chi connectivity index (χ0n) is 14.3. The quantitative estimate of drug-likeness (QED) is 0.766. The van der Waals surface area contributed by atoms with Crippen LogP contribution in [0.4, 0.5) is 0 Å². The Morgan fingerprint density at radius 2 is 1.96 bits per heavy atom. The van der Waals surface area contributed by atoms with E-state index in [2.05, 4.69) is 11.4 Å². The summed E-state index contributed by atoms with van der Waals surface area (Å²) in [6.07, 6.45) is 1.95. The number of aryl methyl sites for hydroxylation is 1. The molecule has 0 bridgehead atoms. The number of halogens is 2. The normalized spacial score (nSPS) is 17.1. The molecule has 6 heteroatoms. The van der Waals surface area contributed by atoms with Crippen LogP contribution in [0.25, 0.3) is 0 Å². The van der Waals surface area contributed by atoms with E-state index in [-0.39, 0.29) is 22.5 Å². The van der Waals surface area contributed by atoms with Crippen molar-refractivity contribution in [3.05, 3.63) is 69.2 Å². The van der Waals surface area contributed by atoms with Crippen LogP contribution in [0.2, 0.25) is 10.0 Å². The molecule has 0 aliphatic heterocycles. The molecule has 1 amide bonds. The molecule has 1 N–H and O–H groups in total. The van der Waals surface area contributed by atoms with Crippen LogP contribution < -0.4 is 5.32 Å². The summed E-state index contributed by atoms with van der Waals surface area (Å²) in [5.74, 6) is -1.01. The molecule has 26 heavy (non-hydrogen) atoms. The van der Waals surface area contributed by atoms with E-state index in [1.807, 2.05) is 18.2 Å². The van der Waals surface area contributed by atoms with Gasteiger partial charge in [0.25, 0.3) is 5.91 Å². The van der Waals surface area contributed by atoms with Gasteiger partial charge < -0.3 is 10.1 Å². The first-order valence-electron chi connectivity index (χ1n) is 8.50. The highest BCUT2D eigenvalue weighted by Crippen LogP contribution is 2.29. The number of fused-ring (bicyclic) bond motifs is 1. The van der Waals surface area contributed by atoms with E-state index in [9.17, 15) is 9.59 Å². The second-order valence-electron chi connectivity index (χ2n) is 6.32. The molecule has 2 aromatic carbocycles. The highest BCUT2D eigenvalue weighted by Gasteiger charge is 2.26. The number of benzene rings is 2. The molecule has 0 radical (unpaired) electrons. The number of hydrogen-bond acceptors (Lipinski definition) is 3. The standard InChI is InChI=1S/C20H19Cl2NO3/c1-12(26-20(25)16-11-14(21)9-10-17(16)22)19(24)23-18-8-4-6-13-5-2-3-7-15(13)18/h2-3,5,7,9-12,18H,4,6,8H2,1H3,(H,23,24)/t12-,18-/m0/s1. The Kier molecular flexibility index (Phi) is 5.84. The van der Waals surface area contributed by atoms with Gasteiger partial charge in [-0.05, 0) is 55.5 Å². The van der Waals surface area contributed by atoms with Gasteiger partial charge in [-0.1, -0.05) is 47.5 Å². The SMILES string of the molecule is C[C@H](OC(=O)c1cc(Cl)ccc1Cl)C(=O)N[C@H]1CCCc2ccccc21. The number of esters is 1. The molecule has 0 spiro atoms. The maximum Gasteiger partial charge on any atom is 0.340 e. The molecule has 0 fully saturated rings. The zero-order chi connectivity index (χ0) is 18.7. The minimum absolute atomic E-state index is 0.0663. The van der Waals surface area contributed by atoms with Gasteiger partial charge in [-0.3, -0.25) is 4.79 Å². The van der Waals surface area contributed by atoms with Gasteiger partial charge in [0.15, 0.2) is 6.10 Å². The van der Waals surface area contributed by atoms with E-state index in [4.69, 9.17) is 27.9 Å².